The summed E-state index contributed by atoms with van der Waals surface area (Å²) in [5.74, 6) is 0.136. The predicted octanol–water partition coefficient (Wildman–Crippen LogP) is 1.66. The maximum atomic E-state index is 11.9. The molecule has 0 aromatic carbocycles. The van der Waals surface area contributed by atoms with Crippen molar-refractivity contribution < 1.29 is 4.79 Å². The van der Waals surface area contributed by atoms with E-state index in [-0.39, 0.29) is 11.9 Å². The van der Waals surface area contributed by atoms with Crippen LogP contribution >= 0.6 is 0 Å². The molecular weight excluding hydrogens is 238 g/mol. The number of carbonyl (C=O) groups is 1. The second kappa shape index (κ2) is 7.24. The number of piperidine rings is 1. The third kappa shape index (κ3) is 4.63. The van der Waals surface area contributed by atoms with E-state index < -0.39 is 0 Å². The summed E-state index contributed by atoms with van der Waals surface area (Å²) < 4.78 is 0. The van der Waals surface area contributed by atoms with Crippen molar-refractivity contribution in [3.05, 3.63) is 30.1 Å². The molecule has 0 bridgehead atoms. The van der Waals surface area contributed by atoms with Gasteiger partial charge in [-0.1, -0.05) is 6.42 Å². The Morgan fingerprint density at radius 3 is 2.95 bits per heavy atom. The lowest BCUT2D eigenvalue weighted by Gasteiger charge is -2.29. The van der Waals surface area contributed by atoms with Crippen LogP contribution in [0, 0.1) is 0 Å². The number of pyridine rings is 1. The second-order valence-electron chi connectivity index (χ2n) is 5.27. The van der Waals surface area contributed by atoms with Crippen LogP contribution in [-0.4, -0.2) is 29.5 Å². The van der Waals surface area contributed by atoms with Crippen LogP contribution in [0.3, 0.4) is 0 Å². The maximum absolute atomic E-state index is 11.9. The van der Waals surface area contributed by atoms with E-state index in [4.69, 9.17) is 0 Å². The predicted molar refractivity (Wildman–Crippen MR) is 75.8 cm³/mol. The van der Waals surface area contributed by atoms with Crippen molar-refractivity contribution in [3.63, 3.8) is 0 Å². The topological polar surface area (TPSA) is 54.0 Å². The van der Waals surface area contributed by atoms with Gasteiger partial charge in [0, 0.05) is 30.9 Å². The first-order valence-electron chi connectivity index (χ1n) is 7.17. The fourth-order valence-electron chi connectivity index (χ4n) is 2.54. The van der Waals surface area contributed by atoms with Crippen LogP contribution in [0.4, 0.5) is 0 Å². The van der Waals surface area contributed by atoms with Gasteiger partial charge in [0.2, 0.25) is 5.91 Å². The Balaban J connectivity index is 1.71. The molecule has 0 aliphatic carbocycles. The molecule has 2 rings (SSSR count). The number of rotatable bonds is 5. The summed E-state index contributed by atoms with van der Waals surface area (Å²) in [7, 11) is 0. The van der Waals surface area contributed by atoms with Gasteiger partial charge in [0.15, 0.2) is 0 Å². The van der Waals surface area contributed by atoms with Gasteiger partial charge in [-0.25, -0.2) is 0 Å². The molecule has 0 unspecified atom stereocenters. The molecule has 1 aliphatic heterocycles. The third-order valence-corrected chi connectivity index (χ3v) is 3.73. The molecule has 2 N–H and O–H groups in total. The SMILES string of the molecule is C[C@@H](NC(=O)CCc1ccncc1)[C@@H]1CCCCN1. The third-order valence-electron chi connectivity index (χ3n) is 3.73. The van der Waals surface area contributed by atoms with Gasteiger partial charge < -0.3 is 10.6 Å². The van der Waals surface area contributed by atoms with Gasteiger partial charge in [0.25, 0.3) is 0 Å². The number of aryl methyl sites for hydroxylation is 1. The first-order valence-corrected chi connectivity index (χ1v) is 7.17. The number of carbonyl (C=O) groups excluding carboxylic acids is 1. The van der Waals surface area contributed by atoms with Crippen LogP contribution in [0.15, 0.2) is 24.5 Å². The zero-order valence-corrected chi connectivity index (χ0v) is 11.6. The summed E-state index contributed by atoms with van der Waals surface area (Å²) in [5, 5.41) is 6.58. The summed E-state index contributed by atoms with van der Waals surface area (Å²) in [6.45, 7) is 3.16. The van der Waals surface area contributed by atoms with E-state index in [0.717, 1.165) is 24.9 Å². The van der Waals surface area contributed by atoms with Crippen LogP contribution in [0.1, 0.15) is 38.2 Å². The highest BCUT2D eigenvalue weighted by atomic mass is 16.1. The molecule has 2 atom stereocenters. The lowest BCUT2D eigenvalue weighted by atomic mass is 9.99. The van der Waals surface area contributed by atoms with E-state index in [9.17, 15) is 4.79 Å². The Kier molecular flexibility index (Phi) is 5.33. The Hall–Kier alpha value is -1.42. The molecule has 4 nitrogen and oxygen atoms in total. The summed E-state index contributed by atoms with van der Waals surface area (Å²) in [4.78, 5) is 15.9. The van der Waals surface area contributed by atoms with E-state index in [0.29, 0.717) is 12.5 Å². The Morgan fingerprint density at radius 1 is 1.47 bits per heavy atom. The van der Waals surface area contributed by atoms with Crippen LogP contribution < -0.4 is 10.6 Å². The average molecular weight is 261 g/mol. The minimum atomic E-state index is 0.136. The summed E-state index contributed by atoms with van der Waals surface area (Å²) in [6.07, 6.45) is 8.52. The summed E-state index contributed by atoms with van der Waals surface area (Å²) in [5.41, 5.74) is 1.16. The number of nitrogens with zero attached hydrogens (tertiary/aromatic N) is 1. The van der Waals surface area contributed by atoms with Gasteiger partial charge >= 0.3 is 0 Å². The molecule has 0 saturated carbocycles. The van der Waals surface area contributed by atoms with Crippen molar-refractivity contribution in [2.75, 3.05) is 6.54 Å². The number of hydrogen-bond donors (Lipinski definition) is 2. The highest BCUT2D eigenvalue weighted by Crippen LogP contribution is 2.10. The Bertz CT molecular complexity index is 388. The lowest BCUT2D eigenvalue weighted by molar-refractivity contribution is -0.121. The van der Waals surface area contributed by atoms with Crippen LogP contribution in [-0.2, 0) is 11.2 Å². The summed E-state index contributed by atoms with van der Waals surface area (Å²) in [6, 6.07) is 4.56. The number of aromatic nitrogens is 1. The molecule has 1 aliphatic rings. The molecule has 104 valence electrons. The van der Waals surface area contributed by atoms with E-state index in [2.05, 4.69) is 22.5 Å². The molecular formula is C15H23N3O. The van der Waals surface area contributed by atoms with Crippen LogP contribution in [0.5, 0.6) is 0 Å². The van der Waals surface area contributed by atoms with Gasteiger partial charge in [-0.3, -0.25) is 9.78 Å². The molecule has 1 fully saturated rings. The largest absolute Gasteiger partial charge is 0.352 e. The maximum Gasteiger partial charge on any atom is 0.220 e. The molecule has 1 amide bonds. The fraction of sp³-hybridized carbons (Fsp3) is 0.600. The average Bonchev–Trinajstić information content (AvgIpc) is 2.47. The quantitative estimate of drug-likeness (QED) is 0.847. The van der Waals surface area contributed by atoms with Crippen molar-refractivity contribution in [2.24, 2.45) is 0 Å². The van der Waals surface area contributed by atoms with Crippen molar-refractivity contribution >= 4 is 5.91 Å². The molecule has 1 aromatic rings. The Morgan fingerprint density at radius 2 is 2.26 bits per heavy atom. The van der Waals surface area contributed by atoms with E-state index >= 15 is 0 Å². The summed E-state index contributed by atoms with van der Waals surface area (Å²) >= 11 is 0. The highest BCUT2D eigenvalue weighted by molar-refractivity contribution is 5.76. The van der Waals surface area contributed by atoms with Crippen LogP contribution in [0.25, 0.3) is 0 Å². The second-order valence-corrected chi connectivity index (χ2v) is 5.27. The van der Waals surface area contributed by atoms with Gasteiger partial charge in [0.1, 0.15) is 0 Å². The standard InChI is InChI=1S/C15H23N3O/c1-12(14-4-2-3-9-17-14)18-15(19)6-5-13-7-10-16-11-8-13/h7-8,10-12,14,17H,2-6,9H2,1H3,(H,18,19)/t12-,14+/m1/s1. The normalized spacial score (nSPS) is 20.8. The van der Waals surface area contributed by atoms with Crippen molar-refractivity contribution in [1.82, 2.24) is 15.6 Å². The van der Waals surface area contributed by atoms with E-state index in [1.807, 2.05) is 12.1 Å². The zero-order valence-electron chi connectivity index (χ0n) is 11.6. The van der Waals surface area contributed by atoms with Crippen molar-refractivity contribution in [1.29, 1.82) is 0 Å². The molecule has 2 heterocycles. The molecule has 1 aromatic heterocycles. The number of amides is 1. The zero-order chi connectivity index (χ0) is 13.5. The molecule has 0 spiro atoms. The number of nitrogens with one attached hydrogen (secondary N) is 2. The van der Waals surface area contributed by atoms with Gasteiger partial charge in [-0.05, 0) is 50.4 Å². The minimum absolute atomic E-state index is 0.136. The minimum Gasteiger partial charge on any atom is -0.352 e. The molecule has 1 saturated heterocycles. The van der Waals surface area contributed by atoms with E-state index in [1.54, 1.807) is 12.4 Å². The fourth-order valence-corrected chi connectivity index (χ4v) is 2.54. The Labute approximate surface area is 115 Å². The van der Waals surface area contributed by atoms with Gasteiger partial charge in [0.05, 0.1) is 0 Å². The number of hydrogen-bond acceptors (Lipinski definition) is 3. The first-order chi connectivity index (χ1) is 9.25. The van der Waals surface area contributed by atoms with Gasteiger partial charge in [-0.15, -0.1) is 0 Å². The van der Waals surface area contributed by atoms with Gasteiger partial charge in [-0.2, -0.15) is 0 Å². The monoisotopic (exact) mass is 261 g/mol. The lowest BCUT2D eigenvalue weighted by Crippen LogP contribution is -2.50. The van der Waals surface area contributed by atoms with Crippen molar-refractivity contribution in [2.45, 2.75) is 51.1 Å². The molecule has 4 heteroatoms. The van der Waals surface area contributed by atoms with Crippen molar-refractivity contribution in [3.8, 4) is 0 Å². The smallest absolute Gasteiger partial charge is 0.220 e. The first kappa shape index (κ1) is 14.0. The molecule has 0 radical (unpaired) electrons. The van der Waals surface area contributed by atoms with Crippen LogP contribution in [0.2, 0.25) is 0 Å². The highest BCUT2D eigenvalue weighted by Gasteiger charge is 2.20. The van der Waals surface area contributed by atoms with E-state index in [1.165, 1.54) is 12.8 Å². The molecule has 19 heavy (non-hydrogen) atoms.